The van der Waals surface area contributed by atoms with Gasteiger partial charge in [-0.2, -0.15) is 0 Å². The van der Waals surface area contributed by atoms with Crippen molar-refractivity contribution in [2.75, 3.05) is 0 Å². The molecule has 0 unspecified atom stereocenters. The number of amidine groups is 1. The van der Waals surface area contributed by atoms with E-state index in [1.165, 1.54) is 0 Å². The molecule has 0 radical (unpaired) electrons. The molecule has 1 aliphatic heterocycles. The Labute approximate surface area is 54.0 Å². The standard InChI is InChI=1S/C6H9N3/c1-4-3-8-5(2)9-6(4)7/h3,8H,2H2,1H3,(H2,7,9). The molecular weight excluding hydrogens is 114 g/mol. The lowest BCUT2D eigenvalue weighted by Gasteiger charge is -2.09. The van der Waals surface area contributed by atoms with E-state index in [-0.39, 0.29) is 0 Å². The summed E-state index contributed by atoms with van der Waals surface area (Å²) in [7, 11) is 0. The zero-order chi connectivity index (χ0) is 6.85. The van der Waals surface area contributed by atoms with Crippen LogP contribution < -0.4 is 11.1 Å². The van der Waals surface area contributed by atoms with Gasteiger partial charge in [0, 0.05) is 11.8 Å². The highest BCUT2D eigenvalue weighted by Crippen LogP contribution is 2.00. The number of rotatable bonds is 0. The third kappa shape index (κ3) is 1.10. The Morgan fingerprint density at radius 3 is 2.89 bits per heavy atom. The molecule has 0 saturated carbocycles. The lowest BCUT2D eigenvalue weighted by molar-refractivity contribution is 1.00. The van der Waals surface area contributed by atoms with Gasteiger partial charge in [0.15, 0.2) is 0 Å². The van der Waals surface area contributed by atoms with E-state index in [4.69, 9.17) is 5.73 Å². The van der Waals surface area contributed by atoms with Gasteiger partial charge in [-0.3, -0.25) is 0 Å². The Bertz CT molecular complexity index is 200. The Balaban J connectivity index is 2.87. The second-order valence-electron chi connectivity index (χ2n) is 1.92. The van der Waals surface area contributed by atoms with Gasteiger partial charge in [0.2, 0.25) is 0 Å². The second kappa shape index (κ2) is 1.93. The van der Waals surface area contributed by atoms with E-state index < -0.39 is 0 Å². The van der Waals surface area contributed by atoms with Crippen LogP contribution in [-0.4, -0.2) is 5.84 Å². The molecule has 48 valence electrons. The van der Waals surface area contributed by atoms with E-state index in [2.05, 4.69) is 16.9 Å². The van der Waals surface area contributed by atoms with Crippen LogP contribution in [0.25, 0.3) is 0 Å². The molecule has 3 N–H and O–H groups in total. The first-order valence-electron chi connectivity index (χ1n) is 2.67. The third-order valence-corrected chi connectivity index (χ3v) is 1.11. The van der Waals surface area contributed by atoms with Crippen molar-refractivity contribution in [1.82, 2.24) is 5.32 Å². The normalized spacial score (nSPS) is 18.1. The predicted molar refractivity (Wildman–Crippen MR) is 37.7 cm³/mol. The second-order valence-corrected chi connectivity index (χ2v) is 1.92. The molecule has 1 heterocycles. The van der Waals surface area contributed by atoms with Crippen molar-refractivity contribution < 1.29 is 0 Å². The number of nitrogens with one attached hydrogen (secondary N) is 1. The van der Waals surface area contributed by atoms with E-state index in [9.17, 15) is 0 Å². The number of aliphatic imine (C=N–C) groups is 1. The van der Waals surface area contributed by atoms with Gasteiger partial charge in [0.25, 0.3) is 0 Å². The summed E-state index contributed by atoms with van der Waals surface area (Å²) < 4.78 is 0. The average molecular weight is 123 g/mol. The smallest absolute Gasteiger partial charge is 0.130 e. The zero-order valence-electron chi connectivity index (χ0n) is 5.31. The zero-order valence-corrected chi connectivity index (χ0v) is 5.31. The van der Waals surface area contributed by atoms with Crippen molar-refractivity contribution in [3.05, 3.63) is 24.2 Å². The fourth-order valence-electron chi connectivity index (χ4n) is 0.531. The highest BCUT2D eigenvalue weighted by atomic mass is 15.1. The van der Waals surface area contributed by atoms with E-state index in [0.29, 0.717) is 11.7 Å². The minimum Gasteiger partial charge on any atom is -0.383 e. The largest absolute Gasteiger partial charge is 0.383 e. The molecule has 0 spiro atoms. The van der Waals surface area contributed by atoms with Crippen LogP contribution in [-0.2, 0) is 0 Å². The Morgan fingerprint density at radius 1 is 1.78 bits per heavy atom. The van der Waals surface area contributed by atoms with E-state index >= 15 is 0 Å². The van der Waals surface area contributed by atoms with Gasteiger partial charge in [-0.15, -0.1) is 0 Å². The molecule has 1 aliphatic rings. The molecule has 3 nitrogen and oxygen atoms in total. The van der Waals surface area contributed by atoms with Crippen molar-refractivity contribution in [3.63, 3.8) is 0 Å². The van der Waals surface area contributed by atoms with Gasteiger partial charge >= 0.3 is 0 Å². The van der Waals surface area contributed by atoms with Crippen molar-refractivity contribution in [3.8, 4) is 0 Å². The van der Waals surface area contributed by atoms with Crippen LogP contribution in [0.5, 0.6) is 0 Å². The summed E-state index contributed by atoms with van der Waals surface area (Å²) in [6, 6.07) is 0. The van der Waals surface area contributed by atoms with Crippen molar-refractivity contribution in [1.29, 1.82) is 0 Å². The Kier molecular flexibility index (Phi) is 1.26. The first-order valence-corrected chi connectivity index (χ1v) is 2.67. The molecule has 3 heteroatoms. The molecule has 9 heavy (non-hydrogen) atoms. The van der Waals surface area contributed by atoms with Gasteiger partial charge in [-0.25, -0.2) is 4.99 Å². The summed E-state index contributed by atoms with van der Waals surface area (Å²) in [6.45, 7) is 5.46. The maximum absolute atomic E-state index is 5.45. The SMILES string of the molecule is C=C1N=C(N)C(C)=CN1. The fourth-order valence-corrected chi connectivity index (χ4v) is 0.531. The maximum atomic E-state index is 5.45. The van der Waals surface area contributed by atoms with Gasteiger partial charge in [0.1, 0.15) is 11.7 Å². The first-order chi connectivity index (χ1) is 4.20. The predicted octanol–water partition coefficient (Wildman–Crippen LogP) is 0.322. The summed E-state index contributed by atoms with van der Waals surface area (Å²) in [4.78, 5) is 3.88. The average Bonchev–Trinajstić information content (AvgIpc) is 1.80. The molecule has 0 aromatic heterocycles. The van der Waals surface area contributed by atoms with Crippen molar-refractivity contribution in [2.24, 2.45) is 10.7 Å². The molecule has 1 rings (SSSR count). The lowest BCUT2D eigenvalue weighted by atomic mass is 10.3. The fraction of sp³-hybridized carbons (Fsp3) is 0.167. The number of hydrogen-bond donors (Lipinski definition) is 2. The highest BCUT2D eigenvalue weighted by Gasteiger charge is 2.01. The van der Waals surface area contributed by atoms with Crippen LogP contribution in [0.2, 0.25) is 0 Å². The quantitative estimate of drug-likeness (QED) is 0.487. The molecule has 0 fully saturated rings. The van der Waals surface area contributed by atoms with Crippen LogP contribution in [0.15, 0.2) is 29.2 Å². The molecule has 0 atom stereocenters. The molecule has 0 bridgehead atoms. The van der Waals surface area contributed by atoms with Gasteiger partial charge in [-0.1, -0.05) is 6.58 Å². The number of hydrogen-bond acceptors (Lipinski definition) is 3. The molecule has 0 aromatic rings. The van der Waals surface area contributed by atoms with Gasteiger partial charge < -0.3 is 11.1 Å². The van der Waals surface area contributed by atoms with Crippen LogP contribution in [0.3, 0.4) is 0 Å². The third-order valence-electron chi connectivity index (χ3n) is 1.11. The minimum absolute atomic E-state index is 0.541. The molecule has 0 amide bonds. The molecule has 0 saturated heterocycles. The molecule has 0 aliphatic carbocycles. The highest BCUT2D eigenvalue weighted by molar-refractivity contribution is 5.97. The minimum atomic E-state index is 0.541. The van der Waals surface area contributed by atoms with E-state index in [1.54, 1.807) is 6.20 Å². The van der Waals surface area contributed by atoms with E-state index in [1.807, 2.05) is 6.92 Å². The van der Waals surface area contributed by atoms with Crippen LogP contribution in [0.1, 0.15) is 6.92 Å². The Morgan fingerprint density at radius 2 is 2.44 bits per heavy atom. The summed E-state index contributed by atoms with van der Waals surface area (Å²) >= 11 is 0. The van der Waals surface area contributed by atoms with Crippen LogP contribution >= 0.6 is 0 Å². The summed E-state index contributed by atoms with van der Waals surface area (Å²) in [5.74, 6) is 1.14. The first kappa shape index (κ1) is 5.88. The maximum Gasteiger partial charge on any atom is 0.130 e. The Hall–Kier alpha value is -1.25. The molecular formula is C6H9N3. The monoisotopic (exact) mass is 123 g/mol. The summed E-state index contributed by atoms with van der Waals surface area (Å²) in [5, 5.41) is 2.84. The summed E-state index contributed by atoms with van der Waals surface area (Å²) in [6.07, 6.45) is 1.78. The summed E-state index contributed by atoms with van der Waals surface area (Å²) in [5.41, 5.74) is 6.40. The van der Waals surface area contributed by atoms with Gasteiger partial charge in [-0.05, 0) is 6.92 Å². The van der Waals surface area contributed by atoms with Crippen molar-refractivity contribution in [2.45, 2.75) is 6.92 Å². The topological polar surface area (TPSA) is 50.4 Å². The van der Waals surface area contributed by atoms with Crippen LogP contribution in [0.4, 0.5) is 0 Å². The lowest BCUT2D eigenvalue weighted by Crippen LogP contribution is -2.21. The van der Waals surface area contributed by atoms with Gasteiger partial charge in [0.05, 0.1) is 0 Å². The number of nitrogens with zero attached hydrogens (tertiary/aromatic N) is 1. The van der Waals surface area contributed by atoms with Crippen molar-refractivity contribution >= 4 is 5.84 Å². The van der Waals surface area contributed by atoms with Crippen LogP contribution in [0, 0.1) is 0 Å². The van der Waals surface area contributed by atoms with E-state index in [0.717, 1.165) is 5.57 Å². The molecule has 0 aromatic carbocycles. The number of nitrogens with two attached hydrogens (primary N) is 1.